The van der Waals surface area contributed by atoms with E-state index in [2.05, 4.69) is 32.0 Å². The summed E-state index contributed by atoms with van der Waals surface area (Å²) in [4.78, 5) is 13.1. The number of aryl methyl sites for hydroxylation is 1. The second-order valence-corrected chi connectivity index (χ2v) is 6.28. The highest BCUT2D eigenvalue weighted by Gasteiger charge is 2.23. The molecule has 4 rings (SSSR count). The molecule has 24 heavy (non-hydrogen) atoms. The Morgan fingerprint density at radius 1 is 1.50 bits per heavy atom. The highest BCUT2D eigenvalue weighted by atomic mass is 16.5. The van der Waals surface area contributed by atoms with Crippen LogP contribution < -0.4 is 15.8 Å². The van der Waals surface area contributed by atoms with Gasteiger partial charge in [0.25, 0.3) is 0 Å². The van der Waals surface area contributed by atoms with E-state index in [9.17, 15) is 0 Å². The third-order valence-corrected chi connectivity index (χ3v) is 4.49. The predicted molar refractivity (Wildman–Crippen MR) is 96.2 cm³/mol. The molecule has 1 aliphatic heterocycles. The van der Waals surface area contributed by atoms with Crippen LogP contribution in [-0.4, -0.2) is 41.9 Å². The van der Waals surface area contributed by atoms with Gasteiger partial charge in [0.05, 0.1) is 18.5 Å². The second kappa shape index (κ2) is 6.14. The lowest BCUT2D eigenvalue weighted by molar-refractivity contribution is 0.315. The van der Waals surface area contributed by atoms with Crippen molar-refractivity contribution >= 4 is 28.9 Å². The van der Waals surface area contributed by atoms with Crippen molar-refractivity contribution in [3.63, 3.8) is 0 Å². The van der Waals surface area contributed by atoms with Crippen LogP contribution in [0.5, 0.6) is 5.75 Å². The smallest absolute Gasteiger partial charge is 0.192 e. The van der Waals surface area contributed by atoms with Crippen molar-refractivity contribution in [2.24, 2.45) is 21.6 Å². The summed E-state index contributed by atoms with van der Waals surface area (Å²) < 4.78 is 8.10. The van der Waals surface area contributed by atoms with Crippen LogP contribution in [0.3, 0.4) is 0 Å². The zero-order valence-corrected chi connectivity index (χ0v) is 13.8. The molecule has 0 spiro atoms. The van der Waals surface area contributed by atoms with Gasteiger partial charge in [-0.1, -0.05) is 0 Å². The molecule has 126 valence electrons. The molecule has 7 nitrogen and oxygen atoms in total. The van der Waals surface area contributed by atoms with Gasteiger partial charge in [-0.2, -0.15) is 0 Å². The number of rotatable bonds is 4. The molecule has 0 radical (unpaired) electrons. The lowest BCUT2D eigenvalue weighted by atomic mass is 10.2. The molecule has 1 aliphatic carbocycles. The standard InChI is InChI=1S/C17H22N6O/c1-19-16(21-10-18)17-22-13-7-12(20-9-11-3-4-11)8-14-15(13)23(17)5-2-6-24-14/h7-8,10-11,20H,2-6,9H2,1H3,(H2,18,19,21). The first-order valence-corrected chi connectivity index (χ1v) is 8.42. The van der Waals surface area contributed by atoms with Gasteiger partial charge in [-0.05, 0) is 31.2 Å². The maximum atomic E-state index is 5.97. The molecule has 0 bridgehead atoms. The largest absolute Gasteiger partial charge is 0.491 e. The number of benzene rings is 1. The summed E-state index contributed by atoms with van der Waals surface area (Å²) in [7, 11) is 1.70. The number of aromatic nitrogens is 2. The highest BCUT2D eigenvalue weighted by molar-refractivity contribution is 6.03. The fraction of sp³-hybridized carbons (Fsp3) is 0.471. The molecule has 0 saturated heterocycles. The van der Waals surface area contributed by atoms with E-state index in [1.807, 2.05) is 0 Å². The molecule has 1 aromatic heterocycles. The Hall–Kier alpha value is -2.57. The van der Waals surface area contributed by atoms with Gasteiger partial charge in [-0.3, -0.25) is 4.99 Å². The third-order valence-electron chi connectivity index (χ3n) is 4.49. The molecule has 0 amide bonds. The maximum absolute atomic E-state index is 5.97. The minimum absolute atomic E-state index is 0.536. The summed E-state index contributed by atoms with van der Waals surface area (Å²) in [5.74, 6) is 2.95. The number of ether oxygens (including phenoxy) is 1. The van der Waals surface area contributed by atoms with Gasteiger partial charge < -0.3 is 20.4 Å². The van der Waals surface area contributed by atoms with Gasteiger partial charge in [0, 0.05) is 31.9 Å². The van der Waals surface area contributed by atoms with Gasteiger partial charge in [0.1, 0.15) is 11.3 Å². The molecular formula is C17H22N6O. The van der Waals surface area contributed by atoms with Crippen LogP contribution in [0.1, 0.15) is 25.1 Å². The number of aliphatic imine (C=N–C) groups is 2. The fourth-order valence-corrected chi connectivity index (χ4v) is 3.11. The van der Waals surface area contributed by atoms with Gasteiger partial charge >= 0.3 is 0 Å². The number of hydrogen-bond donors (Lipinski definition) is 2. The summed E-state index contributed by atoms with van der Waals surface area (Å²) in [5, 5.41) is 3.51. The topological polar surface area (TPSA) is 89.8 Å². The number of nitrogens with one attached hydrogen (secondary N) is 1. The Bertz CT molecular complexity index is 818. The highest BCUT2D eigenvalue weighted by Crippen LogP contribution is 2.34. The first-order valence-electron chi connectivity index (χ1n) is 8.42. The number of hydrogen-bond acceptors (Lipinski definition) is 4. The summed E-state index contributed by atoms with van der Waals surface area (Å²) in [5.41, 5.74) is 8.42. The molecule has 1 fully saturated rings. The van der Waals surface area contributed by atoms with Crippen molar-refractivity contribution in [3.05, 3.63) is 18.0 Å². The third kappa shape index (κ3) is 2.70. The van der Waals surface area contributed by atoms with Crippen LogP contribution in [-0.2, 0) is 6.54 Å². The zero-order valence-electron chi connectivity index (χ0n) is 13.8. The van der Waals surface area contributed by atoms with Crippen LogP contribution in [0.4, 0.5) is 5.69 Å². The molecule has 0 atom stereocenters. The molecule has 3 N–H and O–H groups in total. The molecular weight excluding hydrogens is 304 g/mol. The molecule has 0 unspecified atom stereocenters. The lowest BCUT2D eigenvalue weighted by Gasteiger charge is -2.09. The molecule has 2 heterocycles. The fourth-order valence-electron chi connectivity index (χ4n) is 3.11. The molecule has 2 aromatic rings. The van der Waals surface area contributed by atoms with Gasteiger partial charge in [0.15, 0.2) is 11.7 Å². The summed E-state index contributed by atoms with van der Waals surface area (Å²) in [6.45, 7) is 2.53. The Morgan fingerprint density at radius 2 is 2.38 bits per heavy atom. The number of anilines is 1. The van der Waals surface area contributed by atoms with Crippen molar-refractivity contribution in [3.8, 4) is 5.75 Å². The quantitative estimate of drug-likeness (QED) is 0.664. The van der Waals surface area contributed by atoms with Crippen molar-refractivity contribution in [1.82, 2.24) is 9.55 Å². The van der Waals surface area contributed by atoms with E-state index in [0.717, 1.165) is 53.7 Å². The monoisotopic (exact) mass is 326 g/mol. The Kier molecular flexibility index (Phi) is 3.84. The molecule has 7 heteroatoms. The van der Waals surface area contributed by atoms with Crippen molar-refractivity contribution in [2.45, 2.75) is 25.8 Å². The molecule has 1 aromatic carbocycles. The van der Waals surface area contributed by atoms with Crippen LogP contribution in [0, 0.1) is 5.92 Å². The SMILES string of the molecule is CN=C(N=CN)c1nc2cc(NCC3CC3)cc3c2n1CCCO3. The number of amidine groups is 1. The van der Waals surface area contributed by atoms with Gasteiger partial charge in [-0.25, -0.2) is 9.98 Å². The van der Waals surface area contributed by atoms with Crippen LogP contribution >= 0.6 is 0 Å². The molecule has 2 aliphatic rings. The lowest BCUT2D eigenvalue weighted by Crippen LogP contribution is -2.11. The predicted octanol–water partition coefficient (Wildman–Crippen LogP) is 2.00. The zero-order chi connectivity index (χ0) is 16.5. The normalized spacial score (nSPS) is 18.0. The van der Waals surface area contributed by atoms with Crippen LogP contribution in [0.2, 0.25) is 0 Å². The maximum Gasteiger partial charge on any atom is 0.192 e. The van der Waals surface area contributed by atoms with E-state index >= 15 is 0 Å². The van der Waals surface area contributed by atoms with E-state index < -0.39 is 0 Å². The summed E-state index contributed by atoms with van der Waals surface area (Å²) >= 11 is 0. The van der Waals surface area contributed by atoms with E-state index in [-0.39, 0.29) is 0 Å². The Morgan fingerprint density at radius 3 is 3.12 bits per heavy atom. The second-order valence-electron chi connectivity index (χ2n) is 6.28. The van der Waals surface area contributed by atoms with Crippen LogP contribution in [0.15, 0.2) is 22.1 Å². The van der Waals surface area contributed by atoms with E-state index in [1.165, 1.54) is 19.2 Å². The summed E-state index contributed by atoms with van der Waals surface area (Å²) in [6.07, 6.45) is 4.82. The van der Waals surface area contributed by atoms with E-state index in [0.29, 0.717) is 12.4 Å². The van der Waals surface area contributed by atoms with E-state index in [4.69, 9.17) is 15.5 Å². The average Bonchev–Trinajstić information content (AvgIpc) is 3.37. The van der Waals surface area contributed by atoms with Crippen molar-refractivity contribution < 1.29 is 4.74 Å². The van der Waals surface area contributed by atoms with Gasteiger partial charge in [-0.15, -0.1) is 0 Å². The molecule has 1 saturated carbocycles. The van der Waals surface area contributed by atoms with Crippen LogP contribution in [0.25, 0.3) is 11.0 Å². The number of nitrogens with two attached hydrogens (primary N) is 1. The first kappa shape index (κ1) is 15.0. The Labute approximate surface area is 140 Å². The van der Waals surface area contributed by atoms with Crippen molar-refractivity contribution in [2.75, 3.05) is 25.5 Å². The minimum Gasteiger partial charge on any atom is -0.491 e. The van der Waals surface area contributed by atoms with E-state index in [1.54, 1.807) is 7.05 Å². The Balaban J connectivity index is 1.81. The summed E-state index contributed by atoms with van der Waals surface area (Å²) in [6, 6.07) is 4.16. The minimum atomic E-state index is 0.536. The van der Waals surface area contributed by atoms with Gasteiger partial charge in [0.2, 0.25) is 0 Å². The number of imidazole rings is 1. The first-order chi connectivity index (χ1) is 11.8. The van der Waals surface area contributed by atoms with Crippen molar-refractivity contribution in [1.29, 1.82) is 0 Å². The number of nitrogens with zero attached hydrogens (tertiary/aromatic N) is 4. The average molecular weight is 326 g/mol.